The fourth-order valence-corrected chi connectivity index (χ4v) is 2.26. The van der Waals surface area contributed by atoms with Crippen molar-refractivity contribution in [3.63, 3.8) is 0 Å². The highest BCUT2D eigenvalue weighted by atomic mass is 16.2. The smallest absolute Gasteiger partial charge is 0.260 e. The summed E-state index contributed by atoms with van der Waals surface area (Å²) in [4.78, 5) is 31.4. The molecule has 0 saturated carbocycles. The molecule has 0 bridgehead atoms. The number of hydrogen-bond donors (Lipinski definition) is 2. The predicted octanol–water partition coefficient (Wildman–Crippen LogP) is 3.06. The van der Waals surface area contributed by atoms with Gasteiger partial charge < -0.3 is 0 Å². The largest absolute Gasteiger partial charge is 0.296 e. The van der Waals surface area contributed by atoms with Crippen molar-refractivity contribution < 1.29 is 4.79 Å². The van der Waals surface area contributed by atoms with Gasteiger partial charge >= 0.3 is 0 Å². The van der Waals surface area contributed by atoms with Gasteiger partial charge in [-0.25, -0.2) is 4.98 Å². The molecule has 5 heteroatoms. The highest BCUT2D eigenvalue weighted by Crippen LogP contribution is 2.22. The lowest BCUT2D eigenvalue weighted by atomic mass is 9.96. The molecule has 0 aliphatic carbocycles. The number of amides is 1. The molecule has 0 aliphatic rings. The van der Waals surface area contributed by atoms with Crippen molar-refractivity contribution in [3.05, 3.63) is 46.8 Å². The summed E-state index contributed by atoms with van der Waals surface area (Å²) >= 11 is 0. The Labute approximate surface area is 127 Å². The number of aromatic nitrogens is 2. The van der Waals surface area contributed by atoms with Gasteiger partial charge in [-0.1, -0.05) is 51.1 Å². The molecule has 2 aromatic carbocycles. The van der Waals surface area contributed by atoms with E-state index < -0.39 is 5.41 Å². The summed E-state index contributed by atoms with van der Waals surface area (Å²) in [6, 6.07) is 11.4. The van der Waals surface area contributed by atoms with Crippen LogP contribution in [0.3, 0.4) is 0 Å². The lowest BCUT2D eigenvalue weighted by Gasteiger charge is -2.17. The van der Waals surface area contributed by atoms with E-state index in [9.17, 15) is 9.59 Å². The number of nitrogens with zero attached hydrogens (tertiary/aromatic N) is 1. The minimum absolute atomic E-state index is 0.174. The van der Waals surface area contributed by atoms with Crippen LogP contribution in [0.5, 0.6) is 0 Å². The first kappa shape index (κ1) is 14.3. The van der Waals surface area contributed by atoms with Crippen LogP contribution < -0.4 is 10.9 Å². The maximum atomic E-state index is 12.4. The average Bonchev–Trinajstić information content (AvgIpc) is 2.45. The lowest BCUT2D eigenvalue weighted by Crippen LogP contribution is -2.29. The first-order valence-corrected chi connectivity index (χ1v) is 7.09. The van der Waals surface area contributed by atoms with Crippen LogP contribution in [0.25, 0.3) is 21.7 Å². The monoisotopic (exact) mass is 295 g/mol. The summed E-state index contributed by atoms with van der Waals surface area (Å²) in [7, 11) is 0. The van der Waals surface area contributed by atoms with Gasteiger partial charge in [0.05, 0.1) is 10.9 Å². The van der Waals surface area contributed by atoms with Gasteiger partial charge in [0.25, 0.3) is 5.56 Å². The molecule has 0 aliphatic heterocycles. The van der Waals surface area contributed by atoms with Crippen LogP contribution in [0.15, 0.2) is 41.2 Å². The molecule has 0 spiro atoms. The van der Waals surface area contributed by atoms with E-state index in [1.165, 1.54) is 0 Å². The summed E-state index contributed by atoms with van der Waals surface area (Å²) in [5.41, 5.74) is -0.255. The second-order valence-corrected chi connectivity index (χ2v) is 6.30. The summed E-state index contributed by atoms with van der Waals surface area (Å²) in [6.45, 7) is 5.40. The fraction of sp³-hybridized carbons (Fsp3) is 0.235. The molecule has 1 heterocycles. The third-order valence-corrected chi connectivity index (χ3v) is 3.51. The second kappa shape index (κ2) is 4.94. The van der Waals surface area contributed by atoms with Crippen LogP contribution in [-0.4, -0.2) is 15.9 Å². The Morgan fingerprint density at radius 1 is 1.14 bits per heavy atom. The topological polar surface area (TPSA) is 74.8 Å². The molecule has 0 saturated heterocycles. The molecule has 0 unspecified atom stereocenters. The van der Waals surface area contributed by atoms with Gasteiger partial charge in [0.1, 0.15) is 0 Å². The second-order valence-electron chi connectivity index (χ2n) is 6.30. The number of carbonyl (C=O) groups is 1. The Bertz CT molecular complexity index is 936. The molecule has 0 atom stereocenters. The standard InChI is InChI=1S/C17H17N3O2/c1-17(2,3)15(22)20-16-18-12-9-8-10-6-4-5-7-11(10)13(12)14(21)19-16/h4-9H,1-3H3,(H2,18,19,20,21,22). The van der Waals surface area contributed by atoms with Gasteiger partial charge in [0.15, 0.2) is 0 Å². The first-order chi connectivity index (χ1) is 10.4. The molecular weight excluding hydrogens is 278 g/mol. The van der Waals surface area contributed by atoms with Crippen molar-refractivity contribution in [1.82, 2.24) is 9.97 Å². The van der Waals surface area contributed by atoms with E-state index in [1.807, 2.05) is 30.3 Å². The number of H-pyrrole nitrogens is 1. The van der Waals surface area contributed by atoms with Gasteiger partial charge in [-0.2, -0.15) is 0 Å². The quantitative estimate of drug-likeness (QED) is 0.677. The Morgan fingerprint density at radius 2 is 1.86 bits per heavy atom. The highest BCUT2D eigenvalue weighted by Gasteiger charge is 2.22. The molecule has 0 fully saturated rings. The molecule has 22 heavy (non-hydrogen) atoms. The maximum Gasteiger partial charge on any atom is 0.260 e. The Hall–Kier alpha value is -2.69. The zero-order valence-corrected chi connectivity index (χ0v) is 12.7. The molecule has 112 valence electrons. The van der Waals surface area contributed by atoms with E-state index in [-0.39, 0.29) is 17.4 Å². The number of benzene rings is 2. The molecule has 3 aromatic rings. The highest BCUT2D eigenvalue weighted by molar-refractivity contribution is 6.06. The Balaban J connectivity index is 2.16. The summed E-state index contributed by atoms with van der Waals surface area (Å²) in [5, 5.41) is 5.02. The van der Waals surface area contributed by atoms with E-state index in [0.29, 0.717) is 10.9 Å². The zero-order valence-electron chi connectivity index (χ0n) is 12.7. The van der Waals surface area contributed by atoms with Crippen molar-refractivity contribution in [2.45, 2.75) is 20.8 Å². The van der Waals surface area contributed by atoms with E-state index in [1.54, 1.807) is 26.8 Å². The van der Waals surface area contributed by atoms with Gasteiger partial charge in [-0.3, -0.25) is 19.9 Å². The minimum Gasteiger partial charge on any atom is -0.296 e. The molecule has 1 aromatic heterocycles. The summed E-state index contributed by atoms with van der Waals surface area (Å²) in [5.74, 6) is -0.0245. The van der Waals surface area contributed by atoms with E-state index >= 15 is 0 Å². The fourth-order valence-electron chi connectivity index (χ4n) is 2.26. The van der Waals surface area contributed by atoms with Gasteiger partial charge in [-0.05, 0) is 16.8 Å². The number of carbonyl (C=O) groups excluding carboxylic acids is 1. The number of rotatable bonds is 1. The van der Waals surface area contributed by atoms with Crippen LogP contribution >= 0.6 is 0 Å². The van der Waals surface area contributed by atoms with Crippen LogP contribution in [0.1, 0.15) is 20.8 Å². The van der Waals surface area contributed by atoms with Crippen molar-refractivity contribution in [3.8, 4) is 0 Å². The van der Waals surface area contributed by atoms with Gasteiger partial charge in [0, 0.05) is 5.41 Å². The zero-order chi connectivity index (χ0) is 15.9. The Morgan fingerprint density at radius 3 is 2.59 bits per heavy atom. The average molecular weight is 295 g/mol. The Kier molecular flexibility index (Phi) is 3.20. The number of anilines is 1. The third kappa shape index (κ3) is 2.45. The van der Waals surface area contributed by atoms with Crippen LogP contribution in [0, 0.1) is 5.41 Å². The van der Waals surface area contributed by atoms with Gasteiger partial charge in [0.2, 0.25) is 11.9 Å². The van der Waals surface area contributed by atoms with E-state index in [0.717, 1.165) is 10.8 Å². The molecule has 5 nitrogen and oxygen atoms in total. The number of fused-ring (bicyclic) bond motifs is 3. The third-order valence-electron chi connectivity index (χ3n) is 3.51. The molecule has 2 N–H and O–H groups in total. The van der Waals surface area contributed by atoms with Crippen LogP contribution in [0.2, 0.25) is 0 Å². The van der Waals surface area contributed by atoms with Crippen LogP contribution in [0.4, 0.5) is 5.95 Å². The van der Waals surface area contributed by atoms with Crippen molar-refractivity contribution >= 4 is 33.5 Å². The molecule has 1 amide bonds. The maximum absolute atomic E-state index is 12.4. The number of aromatic amines is 1. The van der Waals surface area contributed by atoms with E-state index in [4.69, 9.17) is 0 Å². The predicted molar refractivity (Wildman–Crippen MR) is 88.0 cm³/mol. The number of hydrogen-bond acceptors (Lipinski definition) is 3. The SMILES string of the molecule is CC(C)(C)C(=O)Nc1nc2ccc3ccccc3c2c(=O)[nH]1. The summed E-state index contributed by atoms with van der Waals surface area (Å²) < 4.78 is 0. The molecular formula is C17H17N3O2. The summed E-state index contributed by atoms with van der Waals surface area (Å²) in [6.07, 6.45) is 0. The van der Waals surface area contributed by atoms with Crippen molar-refractivity contribution in [2.75, 3.05) is 5.32 Å². The van der Waals surface area contributed by atoms with Crippen molar-refractivity contribution in [1.29, 1.82) is 0 Å². The first-order valence-electron chi connectivity index (χ1n) is 7.09. The van der Waals surface area contributed by atoms with E-state index in [2.05, 4.69) is 15.3 Å². The molecule has 3 rings (SSSR count). The van der Waals surface area contributed by atoms with Crippen molar-refractivity contribution in [2.24, 2.45) is 5.41 Å². The van der Waals surface area contributed by atoms with Crippen LogP contribution in [-0.2, 0) is 4.79 Å². The van der Waals surface area contributed by atoms with Gasteiger partial charge in [-0.15, -0.1) is 0 Å². The minimum atomic E-state index is -0.559. The number of nitrogens with one attached hydrogen (secondary N) is 2. The molecule has 0 radical (unpaired) electrons. The normalized spacial score (nSPS) is 11.8. The lowest BCUT2D eigenvalue weighted by molar-refractivity contribution is -0.123.